The van der Waals surface area contributed by atoms with Crippen molar-refractivity contribution in [2.45, 2.75) is 37.5 Å². The van der Waals surface area contributed by atoms with Crippen LogP contribution in [0.5, 0.6) is 0 Å². The third-order valence-corrected chi connectivity index (χ3v) is 5.71. The minimum atomic E-state index is -0.217. The zero-order chi connectivity index (χ0) is 19.2. The predicted molar refractivity (Wildman–Crippen MR) is 112 cm³/mol. The number of aromatic nitrogens is 2. The Morgan fingerprint density at radius 3 is 2.52 bits per heavy atom. The second-order valence-corrected chi connectivity index (χ2v) is 7.63. The summed E-state index contributed by atoms with van der Waals surface area (Å²) < 4.78 is 0. The summed E-state index contributed by atoms with van der Waals surface area (Å²) in [5.74, 6) is -0.00868. The lowest BCUT2D eigenvalue weighted by Gasteiger charge is -2.15. The van der Waals surface area contributed by atoms with Crippen molar-refractivity contribution in [2.24, 2.45) is 0 Å². The normalized spacial score (nSPS) is 11.8. The maximum absolute atomic E-state index is 12.7. The van der Waals surface area contributed by atoms with E-state index in [0.29, 0.717) is 6.42 Å². The lowest BCUT2D eigenvalue weighted by Crippen LogP contribution is -2.24. The van der Waals surface area contributed by atoms with Gasteiger partial charge in [0, 0.05) is 11.3 Å². The summed E-state index contributed by atoms with van der Waals surface area (Å²) in [6.45, 7) is 6.12. The van der Waals surface area contributed by atoms with Gasteiger partial charge in [-0.1, -0.05) is 55.1 Å². The number of thioether (sulfide) groups is 1. The number of aryl methyl sites for hydroxylation is 2. The molecule has 1 aromatic heterocycles. The minimum Gasteiger partial charge on any atom is -0.325 e. The van der Waals surface area contributed by atoms with Gasteiger partial charge in [0.05, 0.1) is 10.9 Å². The van der Waals surface area contributed by atoms with E-state index in [2.05, 4.69) is 22.2 Å². The molecule has 1 unspecified atom stereocenters. The first kappa shape index (κ1) is 19.1. The van der Waals surface area contributed by atoms with Crippen LogP contribution in [0.4, 0.5) is 5.69 Å². The molecule has 3 aromatic rings. The first-order valence-electron chi connectivity index (χ1n) is 8.99. The summed E-state index contributed by atoms with van der Waals surface area (Å²) in [5, 5.41) is 3.60. The summed E-state index contributed by atoms with van der Waals surface area (Å²) >= 11 is 1.47. The number of hydrogen-bond donors (Lipinski definition) is 1. The highest BCUT2D eigenvalue weighted by Crippen LogP contribution is 2.27. The SMILES string of the molecule is CCC(Sc1cc(-c2ccccc2)ncn1)C(=O)Nc1ccc(C)c(C)c1. The van der Waals surface area contributed by atoms with Gasteiger partial charge in [0.25, 0.3) is 0 Å². The molecule has 0 bridgehead atoms. The smallest absolute Gasteiger partial charge is 0.237 e. The fourth-order valence-corrected chi connectivity index (χ4v) is 3.59. The topological polar surface area (TPSA) is 54.9 Å². The van der Waals surface area contributed by atoms with E-state index in [1.165, 1.54) is 17.3 Å². The Kier molecular flexibility index (Phi) is 6.24. The highest BCUT2D eigenvalue weighted by molar-refractivity contribution is 8.00. The molecule has 27 heavy (non-hydrogen) atoms. The van der Waals surface area contributed by atoms with E-state index >= 15 is 0 Å². The second kappa shape index (κ2) is 8.82. The average molecular weight is 378 g/mol. The van der Waals surface area contributed by atoms with Gasteiger partial charge in [0.1, 0.15) is 11.4 Å². The highest BCUT2D eigenvalue weighted by Gasteiger charge is 2.19. The Bertz CT molecular complexity index is 928. The minimum absolute atomic E-state index is 0.00868. The average Bonchev–Trinajstić information content (AvgIpc) is 2.70. The van der Waals surface area contributed by atoms with E-state index in [0.717, 1.165) is 27.5 Å². The van der Waals surface area contributed by atoms with Crippen LogP contribution >= 0.6 is 11.8 Å². The van der Waals surface area contributed by atoms with Crippen molar-refractivity contribution in [1.82, 2.24) is 9.97 Å². The van der Waals surface area contributed by atoms with Gasteiger partial charge < -0.3 is 5.32 Å². The Labute approximate surface area is 164 Å². The van der Waals surface area contributed by atoms with E-state index in [1.54, 1.807) is 6.33 Å². The summed E-state index contributed by atoms with van der Waals surface area (Å²) in [6, 6.07) is 17.9. The molecule has 5 heteroatoms. The number of benzene rings is 2. The molecule has 3 rings (SSSR count). The molecule has 1 N–H and O–H groups in total. The maximum Gasteiger partial charge on any atom is 0.237 e. The number of hydrogen-bond acceptors (Lipinski definition) is 4. The fraction of sp³-hybridized carbons (Fsp3) is 0.227. The molecule has 0 saturated carbocycles. The molecule has 4 nitrogen and oxygen atoms in total. The molecule has 2 aromatic carbocycles. The largest absolute Gasteiger partial charge is 0.325 e. The van der Waals surface area contributed by atoms with Gasteiger partial charge in [-0.25, -0.2) is 9.97 Å². The molecule has 0 spiro atoms. The van der Waals surface area contributed by atoms with E-state index in [4.69, 9.17) is 0 Å². The molecule has 0 aliphatic carbocycles. The Balaban J connectivity index is 1.72. The van der Waals surface area contributed by atoms with Crippen molar-refractivity contribution in [3.8, 4) is 11.3 Å². The van der Waals surface area contributed by atoms with Gasteiger partial charge in [-0.3, -0.25) is 4.79 Å². The van der Waals surface area contributed by atoms with Crippen molar-refractivity contribution in [3.63, 3.8) is 0 Å². The van der Waals surface area contributed by atoms with E-state index in [1.807, 2.05) is 68.4 Å². The summed E-state index contributed by atoms with van der Waals surface area (Å²) in [4.78, 5) is 21.4. The van der Waals surface area contributed by atoms with Crippen molar-refractivity contribution in [2.75, 3.05) is 5.32 Å². The maximum atomic E-state index is 12.7. The molecule has 1 amide bonds. The van der Waals surface area contributed by atoms with Gasteiger partial charge in [0.15, 0.2) is 0 Å². The molecule has 1 heterocycles. The van der Waals surface area contributed by atoms with Crippen LogP contribution in [0.15, 0.2) is 66.0 Å². The molecule has 0 fully saturated rings. The summed E-state index contributed by atoms with van der Waals surface area (Å²) in [5.41, 5.74) is 5.10. The van der Waals surface area contributed by atoms with Gasteiger partial charge in [-0.15, -0.1) is 0 Å². The quantitative estimate of drug-likeness (QED) is 0.470. The van der Waals surface area contributed by atoms with E-state index in [9.17, 15) is 4.79 Å². The first-order valence-corrected chi connectivity index (χ1v) is 9.87. The third-order valence-electron chi connectivity index (χ3n) is 4.41. The molecule has 0 radical (unpaired) electrons. The number of carbonyl (C=O) groups is 1. The Hall–Kier alpha value is -2.66. The number of anilines is 1. The molecule has 0 saturated heterocycles. The lowest BCUT2D eigenvalue weighted by atomic mass is 10.1. The standard InChI is InChI=1S/C22H23N3OS/c1-4-20(22(26)25-18-11-10-15(2)16(3)12-18)27-21-13-19(23-14-24-21)17-8-6-5-7-9-17/h5-14,20H,4H2,1-3H3,(H,25,26). The van der Waals surface area contributed by atoms with Crippen LogP contribution in [0, 0.1) is 13.8 Å². The Morgan fingerprint density at radius 2 is 1.81 bits per heavy atom. The molecule has 0 aliphatic rings. The third kappa shape index (κ3) is 4.95. The van der Waals surface area contributed by atoms with Gasteiger partial charge in [0.2, 0.25) is 5.91 Å². The molecular weight excluding hydrogens is 354 g/mol. The monoisotopic (exact) mass is 377 g/mol. The van der Waals surface area contributed by atoms with E-state index in [-0.39, 0.29) is 11.2 Å². The predicted octanol–water partition coefficient (Wildman–Crippen LogP) is 5.27. The fourth-order valence-electron chi connectivity index (χ4n) is 2.68. The Morgan fingerprint density at radius 1 is 1.04 bits per heavy atom. The van der Waals surface area contributed by atoms with Crippen LogP contribution in [0.1, 0.15) is 24.5 Å². The van der Waals surface area contributed by atoms with Gasteiger partial charge in [-0.05, 0) is 49.6 Å². The van der Waals surface area contributed by atoms with Crippen LogP contribution in [0.2, 0.25) is 0 Å². The van der Waals surface area contributed by atoms with Crippen LogP contribution in [-0.4, -0.2) is 21.1 Å². The number of carbonyl (C=O) groups excluding carboxylic acids is 1. The summed E-state index contributed by atoms with van der Waals surface area (Å²) in [7, 11) is 0. The van der Waals surface area contributed by atoms with Gasteiger partial charge in [-0.2, -0.15) is 0 Å². The molecule has 138 valence electrons. The molecule has 0 aliphatic heterocycles. The number of rotatable bonds is 6. The molecular formula is C22H23N3OS. The number of amides is 1. The lowest BCUT2D eigenvalue weighted by molar-refractivity contribution is -0.115. The summed E-state index contributed by atoms with van der Waals surface area (Å²) in [6.07, 6.45) is 2.27. The van der Waals surface area contributed by atoms with Crippen molar-refractivity contribution in [3.05, 3.63) is 72.1 Å². The van der Waals surface area contributed by atoms with Crippen LogP contribution in [0.3, 0.4) is 0 Å². The van der Waals surface area contributed by atoms with E-state index < -0.39 is 0 Å². The highest BCUT2D eigenvalue weighted by atomic mass is 32.2. The second-order valence-electron chi connectivity index (χ2n) is 6.41. The van der Waals surface area contributed by atoms with Crippen LogP contribution < -0.4 is 5.32 Å². The zero-order valence-electron chi connectivity index (χ0n) is 15.8. The zero-order valence-corrected chi connectivity index (χ0v) is 16.6. The van der Waals surface area contributed by atoms with Crippen LogP contribution in [-0.2, 0) is 4.79 Å². The number of nitrogens with zero attached hydrogens (tertiary/aromatic N) is 2. The van der Waals surface area contributed by atoms with Crippen LogP contribution in [0.25, 0.3) is 11.3 Å². The first-order chi connectivity index (χ1) is 13.1. The van der Waals surface area contributed by atoms with Gasteiger partial charge >= 0.3 is 0 Å². The van der Waals surface area contributed by atoms with Crippen molar-refractivity contribution in [1.29, 1.82) is 0 Å². The van der Waals surface area contributed by atoms with Crippen molar-refractivity contribution < 1.29 is 4.79 Å². The van der Waals surface area contributed by atoms with Crippen molar-refractivity contribution >= 4 is 23.4 Å². The molecule has 1 atom stereocenters. The number of nitrogens with one attached hydrogen (secondary N) is 1.